The minimum absolute atomic E-state index is 0.400. The molecule has 0 aromatic heterocycles. The zero-order valence-corrected chi connectivity index (χ0v) is 15.5. The summed E-state index contributed by atoms with van der Waals surface area (Å²) in [7, 11) is 0. The Kier molecular flexibility index (Phi) is 7.29. The van der Waals surface area contributed by atoms with E-state index in [1.807, 2.05) is 0 Å². The molecule has 0 saturated carbocycles. The third kappa shape index (κ3) is 7.44. The highest BCUT2D eigenvalue weighted by Crippen LogP contribution is 2.19. The molecule has 0 aliphatic heterocycles. The Morgan fingerprint density at radius 1 is 1.04 bits per heavy atom. The molecule has 142 valence electrons. The Morgan fingerprint density at radius 2 is 1.67 bits per heavy atom. The monoisotopic (exact) mass is 370 g/mol. The molecule has 0 saturated heterocycles. The Balaban J connectivity index is 1.86. The maximum atomic E-state index is 13.4. The predicted molar refractivity (Wildman–Crippen MR) is 103 cm³/mol. The summed E-state index contributed by atoms with van der Waals surface area (Å²) in [5.74, 6) is 0.559. The normalized spacial score (nSPS) is 11.4. The minimum atomic E-state index is -1.19. The van der Waals surface area contributed by atoms with Crippen molar-refractivity contribution in [1.29, 1.82) is 0 Å². The maximum Gasteiger partial charge on any atom is 0.343 e. The molecule has 0 amide bonds. The number of aldehydes is 1. The van der Waals surface area contributed by atoms with Crippen LogP contribution in [0.15, 0.2) is 54.6 Å². The molecule has 0 fully saturated rings. The van der Waals surface area contributed by atoms with Gasteiger partial charge in [0.15, 0.2) is 0 Å². The van der Waals surface area contributed by atoms with Gasteiger partial charge in [-0.3, -0.25) is 4.79 Å². The van der Waals surface area contributed by atoms with E-state index in [1.165, 1.54) is 6.08 Å². The number of halogens is 1. The van der Waals surface area contributed by atoms with Gasteiger partial charge in [0, 0.05) is 0 Å². The van der Waals surface area contributed by atoms with Gasteiger partial charge < -0.3 is 9.47 Å². The SMILES string of the molecule is CC(C)(F)CCCOc1ccc(C(=O)Oc2ccc(/C=C/C=O)cc2)cc1. The fraction of sp³-hybridized carbons (Fsp3) is 0.273. The zero-order valence-electron chi connectivity index (χ0n) is 15.5. The highest BCUT2D eigenvalue weighted by Gasteiger charge is 2.14. The number of benzene rings is 2. The van der Waals surface area contributed by atoms with Gasteiger partial charge in [-0.25, -0.2) is 9.18 Å². The van der Waals surface area contributed by atoms with Crippen LogP contribution >= 0.6 is 0 Å². The van der Waals surface area contributed by atoms with Gasteiger partial charge in [0.2, 0.25) is 0 Å². The van der Waals surface area contributed by atoms with E-state index in [9.17, 15) is 14.0 Å². The van der Waals surface area contributed by atoms with Gasteiger partial charge in [0.25, 0.3) is 0 Å². The van der Waals surface area contributed by atoms with Gasteiger partial charge in [-0.2, -0.15) is 0 Å². The van der Waals surface area contributed by atoms with E-state index >= 15 is 0 Å². The van der Waals surface area contributed by atoms with Crippen LogP contribution in [0.1, 0.15) is 42.6 Å². The summed E-state index contributed by atoms with van der Waals surface area (Å²) in [6.45, 7) is 3.51. The molecule has 0 aliphatic carbocycles. The number of ether oxygens (including phenoxy) is 2. The minimum Gasteiger partial charge on any atom is -0.494 e. The van der Waals surface area contributed by atoms with Crippen molar-refractivity contribution in [2.75, 3.05) is 6.61 Å². The van der Waals surface area contributed by atoms with Crippen molar-refractivity contribution >= 4 is 18.3 Å². The van der Waals surface area contributed by atoms with Crippen LogP contribution in [-0.2, 0) is 4.79 Å². The largest absolute Gasteiger partial charge is 0.494 e. The maximum absolute atomic E-state index is 13.4. The van der Waals surface area contributed by atoms with Crippen LogP contribution < -0.4 is 9.47 Å². The molecular weight excluding hydrogens is 347 g/mol. The predicted octanol–water partition coefficient (Wildman–Crippen LogP) is 5.03. The van der Waals surface area contributed by atoms with Crippen molar-refractivity contribution in [3.05, 3.63) is 65.7 Å². The van der Waals surface area contributed by atoms with E-state index in [1.54, 1.807) is 68.5 Å². The smallest absolute Gasteiger partial charge is 0.343 e. The first-order valence-electron chi connectivity index (χ1n) is 8.73. The summed E-state index contributed by atoms with van der Waals surface area (Å²) >= 11 is 0. The third-order valence-electron chi connectivity index (χ3n) is 3.73. The number of carbonyl (C=O) groups is 2. The molecule has 0 spiro atoms. The molecule has 4 nitrogen and oxygen atoms in total. The lowest BCUT2D eigenvalue weighted by atomic mass is 10.1. The molecular formula is C22H23FO4. The molecule has 0 heterocycles. The van der Waals surface area contributed by atoms with Crippen molar-refractivity contribution in [1.82, 2.24) is 0 Å². The Labute approximate surface area is 158 Å². The molecule has 0 radical (unpaired) electrons. The fourth-order valence-electron chi connectivity index (χ4n) is 2.33. The van der Waals surface area contributed by atoms with Gasteiger partial charge in [0.1, 0.15) is 23.5 Å². The Hall–Kier alpha value is -2.95. The van der Waals surface area contributed by atoms with Gasteiger partial charge in [0.05, 0.1) is 12.2 Å². The average molecular weight is 370 g/mol. The van der Waals surface area contributed by atoms with E-state index in [0.717, 1.165) is 5.56 Å². The molecule has 0 aliphatic rings. The molecule has 2 rings (SSSR count). The number of hydrogen-bond donors (Lipinski definition) is 0. The summed E-state index contributed by atoms with van der Waals surface area (Å²) in [5.41, 5.74) is 0.0386. The van der Waals surface area contributed by atoms with E-state index in [0.29, 0.717) is 42.8 Å². The quantitative estimate of drug-likeness (QED) is 0.204. The number of rotatable bonds is 9. The summed E-state index contributed by atoms with van der Waals surface area (Å²) in [5, 5.41) is 0. The second-order valence-electron chi connectivity index (χ2n) is 6.65. The molecule has 0 bridgehead atoms. The highest BCUT2D eigenvalue weighted by atomic mass is 19.1. The van der Waals surface area contributed by atoms with E-state index < -0.39 is 11.6 Å². The second kappa shape index (κ2) is 9.67. The Bertz CT molecular complexity index is 771. The van der Waals surface area contributed by atoms with Crippen molar-refractivity contribution < 1.29 is 23.5 Å². The third-order valence-corrected chi connectivity index (χ3v) is 3.73. The molecule has 0 N–H and O–H groups in total. The van der Waals surface area contributed by atoms with Crippen molar-refractivity contribution in [3.63, 3.8) is 0 Å². The summed E-state index contributed by atoms with van der Waals surface area (Å²) in [6, 6.07) is 13.4. The Morgan fingerprint density at radius 3 is 2.26 bits per heavy atom. The second-order valence-corrected chi connectivity index (χ2v) is 6.65. The summed E-state index contributed by atoms with van der Waals surface area (Å²) in [6.07, 6.45) is 4.80. The fourth-order valence-corrected chi connectivity index (χ4v) is 2.33. The van der Waals surface area contributed by atoms with E-state index in [4.69, 9.17) is 9.47 Å². The lowest BCUT2D eigenvalue weighted by molar-refractivity contribution is -0.104. The van der Waals surface area contributed by atoms with Crippen molar-refractivity contribution in [2.24, 2.45) is 0 Å². The van der Waals surface area contributed by atoms with Gasteiger partial charge in [-0.15, -0.1) is 0 Å². The first kappa shape index (κ1) is 20.4. The molecule has 2 aromatic carbocycles. The number of esters is 1. The van der Waals surface area contributed by atoms with Crippen LogP contribution in [0, 0.1) is 0 Å². The van der Waals surface area contributed by atoms with Crippen molar-refractivity contribution in [3.8, 4) is 11.5 Å². The van der Waals surface area contributed by atoms with Crippen LogP contribution in [0.4, 0.5) is 4.39 Å². The number of carbonyl (C=O) groups excluding carboxylic acids is 2. The molecule has 0 unspecified atom stereocenters. The number of hydrogen-bond acceptors (Lipinski definition) is 4. The molecule has 2 aromatic rings. The first-order chi connectivity index (χ1) is 12.9. The zero-order chi connectivity index (χ0) is 19.7. The van der Waals surface area contributed by atoms with Crippen LogP contribution in [-0.4, -0.2) is 24.5 Å². The summed E-state index contributed by atoms with van der Waals surface area (Å²) in [4.78, 5) is 22.5. The lowest BCUT2D eigenvalue weighted by Crippen LogP contribution is -2.13. The number of alkyl halides is 1. The van der Waals surface area contributed by atoms with Gasteiger partial charge in [-0.05, 0) is 74.7 Å². The lowest BCUT2D eigenvalue weighted by Gasteiger charge is -2.13. The molecule has 5 heteroatoms. The highest BCUT2D eigenvalue weighted by molar-refractivity contribution is 5.91. The van der Waals surface area contributed by atoms with Crippen LogP contribution in [0.2, 0.25) is 0 Å². The first-order valence-corrected chi connectivity index (χ1v) is 8.73. The molecule has 0 atom stereocenters. The topological polar surface area (TPSA) is 52.6 Å². The number of allylic oxidation sites excluding steroid dienone is 1. The summed E-state index contributed by atoms with van der Waals surface area (Å²) < 4.78 is 24.3. The van der Waals surface area contributed by atoms with E-state index in [-0.39, 0.29) is 0 Å². The van der Waals surface area contributed by atoms with Crippen LogP contribution in [0.5, 0.6) is 11.5 Å². The van der Waals surface area contributed by atoms with Crippen LogP contribution in [0.25, 0.3) is 6.08 Å². The van der Waals surface area contributed by atoms with Gasteiger partial charge in [-0.1, -0.05) is 18.2 Å². The molecule has 27 heavy (non-hydrogen) atoms. The van der Waals surface area contributed by atoms with Crippen molar-refractivity contribution in [2.45, 2.75) is 32.4 Å². The van der Waals surface area contributed by atoms with Crippen LogP contribution in [0.3, 0.4) is 0 Å². The van der Waals surface area contributed by atoms with E-state index in [2.05, 4.69) is 0 Å². The standard InChI is InChI=1S/C22H23FO4/c1-22(2,23)14-4-16-26-19-12-8-18(9-13-19)21(25)27-20-10-6-17(7-11-20)5-3-15-24/h3,5-13,15H,4,14,16H2,1-2H3/b5-3+. The average Bonchev–Trinajstić information content (AvgIpc) is 2.64. The van der Waals surface area contributed by atoms with Gasteiger partial charge >= 0.3 is 5.97 Å².